The van der Waals surface area contributed by atoms with E-state index in [4.69, 9.17) is 15.2 Å². The topological polar surface area (TPSA) is 47.7 Å². The van der Waals surface area contributed by atoms with E-state index in [1.165, 1.54) is 0 Å². The van der Waals surface area contributed by atoms with Crippen molar-refractivity contribution < 1.29 is 9.47 Å². The monoisotopic (exact) mass is 292 g/mol. The molecule has 3 unspecified atom stereocenters. The number of likely N-dealkylation sites (N-methyl/N-ethyl adjacent to an activating group) is 1. The van der Waals surface area contributed by atoms with Gasteiger partial charge in [0.15, 0.2) is 0 Å². The maximum atomic E-state index is 6.34. The molecule has 0 bridgehead atoms. The molecule has 2 rings (SSSR count). The minimum Gasteiger partial charge on any atom is -0.494 e. The van der Waals surface area contributed by atoms with Gasteiger partial charge in [0.25, 0.3) is 0 Å². The fraction of sp³-hybridized carbons (Fsp3) is 0.647. The van der Waals surface area contributed by atoms with Crippen molar-refractivity contribution in [2.75, 3.05) is 26.8 Å². The Balaban J connectivity index is 1.88. The second-order valence-electron chi connectivity index (χ2n) is 5.90. The number of nitrogens with zero attached hydrogens (tertiary/aromatic N) is 1. The molecule has 0 aliphatic carbocycles. The van der Waals surface area contributed by atoms with Gasteiger partial charge in [0.05, 0.1) is 12.7 Å². The third-order valence-electron chi connectivity index (χ3n) is 4.17. The first kappa shape index (κ1) is 16.3. The summed E-state index contributed by atoms with van der Waals surface area (Å²) in [7, 11) is 2.13. The molecule has 118 valence electrons. The van der Waals surface area contributed by atoms with Gasteiger partial charge in [0.2, 0.25) is 0 Å². The molecule has 1 aliphatic rings. The Kier molecular flexibility index (Phi) is 6.03. The van der Waals surface area contributed by atoms with Crippen LogP contribution in [0.1, 0.15) is 38.3 Å². The van der Waals surface area contributed by atoms with Crippen molar-refractivity contribution in [3.05, 3.63) is 29.8 Å². The largest absolute Gasteiger partial charge is 0.494 e. The van der Waals surface area contributed by atoms with E-state index in [-0.39, 0.29) is 6.04 Å². The lowest BCUT2D eigenvalue weighted by molar-refractivity contribution is 0.0818. The predicted molar refractivity (Wildman–Crippen MR) is 85.6 cm³/mol. The van der Waals surface area contributed by atoms with Crippen LogP contribution in [0.2, 0.25) is 0 Å². The summed E-state index contributed by atoms with van der Waals surface area (Å²) >= 11 is 0. The molecule has 0 amide bonds. The molecular weight excluding hydrogens is 264 g/mol. The molecule has 3 atom stereocenters. The highest BCUT2D eigenvalue weighted by atomic mass is 16.5. The Hall–Kier alpha value is -1.10. The smallest absolute Gasteiger partial charge is 0.119 e. The normalized spacial score (nSPS) is 23.5. The van der Waals surface area contributed by atoms with Crippen LogP contribution in [0.5, 0.6) is 5.75 Å². The summed E-state index contributed by atoms with van der Waals surface area (Å²) < 4.78 is 11.2. The van der Waals surface area contributed by atoms with Crippen molar-refractivity contribution in [3.63, 3.8) is 0 Å². The lowest BCUT2D eigenvalue weighted by atomic mass is 10.0. The van der Waals surface area contributed by atoms with E-state index in [2.05, 4.69) is 37.9 Å². The van der Waals surface area contributed by atoms with E-state index in [0.717, 1.165) is 43.9 Å². The van der Waals surface area contributed by atoms with Crippen LogP contribution in [0.15, 0.2) is 24.3 Å². The molecule has 4 nitrogen and oxygen atoms in total. The van der Waals surface area contributed by atoms with Gasteiger partial charge in [-0.05, 0) is 44.5 Å². The molecule has 4 heteroatoms. The maximum absolute atomic E-state index is 6.34. The zero-order chi connectivity index (χ0) is 15.2. The highest BCUT2D eigenvalue weighted by Gasteiger charge is 2.28. The van der Waals surface area contributed by atoms with Crippen LogP contribution in [0.4, 0.5) is 0 Å². The zero-order valence-electron chi connectivity index (χ0n) is 13.4. The molecular formula is C17H28N2O2. The van der Waals surface area contributed by atoms with Crippen LogP contribution in [0.3, 0.4) is 0 Å². The zero-order valence-corrected chi connectivity index (χ0v) is 13.4. The van der Waals surface area contributed by atoms with Gasteiger partial charge in [-0.15, -0.1) is 0 Å². The SMILES string of the molecule is CCCOc1ccc(C(N)CN(C)C2CCOC2C)cc1. The number of hydrogen-bond donors (Lipinski definition) is 1. The van der Waals surface area contributed by atoms with E-state index in [0.29, 0.717) is 12.1 Å². The number of benzene rings is 1. The first-order chi connectivity index (χ1) is 10.1. The summed E-state index contributed by atoms with van der Waals surface area (Å²) in [5.74, 6) is 0.916. The minimum atomic E-state index is 0.0167. The molecule has 0 saturated carbocycles. The van der Waals surface area contributed by atoms with Crippen LogP contribution in [0.25, 0.3) is 0 Å². The average Bonchev–Trinajstić information content (AvgIpc) is 2.91. The standard InChI is InChI=1S/C17H28N2O2/c1-4-10-21-15-7-5-14(6-8-15)16(18)12-19(3)17-9-11-20-13(17)2/h5-8,13,16-17H,4,9-12,18H2,1-3H3. The van der Waals surface area contributed by atoms with Gasteiger partial charge in [0.1, 0.15) is 5.75 Å². The Bertz CT molecular complexity index is 421. The molecule has 0 spiro atoms. The van der Waals surface area contributed by atoms with E-state index in [1.54, 1.807) is 0 Å². The fourth-order valence-electron chi connectivity index (χ4n) is 2.88. The van der Waals surface area contributed by atoms with Crippen LogP contribution < -0.4 is 10.5 Å². The number of nitrogens with two attached hydrogens (primary N) is 1. The van der Waals surface area contributed by atoms with Crippen molar-refractivity contribution in [3.8, 4) is 5.75 Å². The molecule has 1 heterocycles. The van der Waals surface area contributed by atoms with E-state index < -0.39 is 0 Å². The summed E-state index contributed by atoms with van der Waals surface area (Å²) in [4.78, 5) is 2.32. The minimum absolute atomic E-state index is 0.0167. The maximum Gasteiger partial charge on any atom is 0.119 e. The first-order valence-electron chi connectivity index (χ1n) is 7.92. The molecule has 2 N–H and O–H groups in total. The van der Waals surface area contributed by atoms with Crippen molar-refractivity contribution in [2.45, 2.75) is 44.9 Å². The highest BCUT2D eigenvalue weighted by Crippen LogP contribution is 2.22. The van der Waals surface area contributed by atoms with E-state index >= 15 is 0 Å². The average molecular weight is 292 g/mol. The molecule has 1 aromatic rings. The lowest BCUT2D eigenvalue weighted by Gasteiger charge is -2.29. The van der Waals surface area contributed by atoms with E-state index in [9.17, 15) is 0 Å². The van der Waals surface area contributed by atoms with Crippen molar-refractivity contribution in [1.29, 1.82) is 0 Å². The van der Waals surface area contributed by atoms with Gasteiger partial charge >= 0.3 is 0 Å². The van der Waals surface area contributed by atoms with E-state index in [1.807, 2.05) is 12.1 Å². The third-order valence-corrected chi connectivity index (χ3v) is 4.17. The predicted octanol–water partition coefficient (Wildman–Crippen LogP) is 2.58. The lowest BCUT2D eigenvalue weighted by Crippen LogP contribution is -2.40. The van der Waals surface area contributed by atoms with Crippen LogP contribution >= 0.6 is 0 Å². The Morgan fingerprint density at radius 2 is 2.10 bits per heavy atom. The molecule has 1 aliphatic heterocycles. The quantitative estimate of drug-likeness (QED) is 0.839. The summed E-state index contributed by atoms with van der Waals surface area (Å²) in [6.45, 7) is 6.70. The Morgan fingerprint density at radius 3 is 2.67 bits per heavy atom. The third kappa shape index (κ3) is 4.43. The number of rotatable bonds is 7. The van der Waals surface area contributed by atoms with Gasteiger partial charge in [-0.2, -0.15) is 0 Å². The highest BCUT2D eigenvalue weighted by molar-refractivity contribution is 5.29. The van der Waals surface area contributed by atoms with Gasteiger partial charge in [-0.1, -0.05) is 19.1 Å². The van der Waals surface area contributed by atoms with Crippen LogP contribution in [0, 0.1) is 0 Å². The molecule has 0 radical (unpaired) electrons. The molecule has 1 aromatic carbocycles. The molecule has 1 saturated heterocycles. The van der Waals surface area contributed by atoms with Gasteiger partial charge in [0, 0.05) is 25.2 Å². The second-order valence-corrected chi connectivity index (χ2v) is 5.90. The summed E-state index contributed by atoms with van der Waals surface area (Å²) in [6.07, 6.45) is 2.41. The summed E-state index contributed by atoms with van der Waals surface area (Å²) in [5.41, 5.74) is 7.49. The Morgan fingerprint density at radius 1 is 1.38 bits per heavy atom. The van der Waals surface area contributed by atoms with Gasteiger partial charge in [-0.25, -0.2) is 0 Å². The van der Waals surface area contributed by atoms with Gasteiger partial charge < -0.3 is 15.2 Å². The number of hydrogen-bond acceptors (Lipinski definition) is 4. The molecule has 21 heavy (non-hydrogen) atoms. The number of ether oxygens (including phenoxy) is 2. The van der Waals surface area contributed by atoms with Crippen molar-refractivity contribution in [2.24, 2.45) is 5.73 Å². The Labute approximate surface area is 128 Å². The fourth-order valence-corrected chi connectivity index (χ4v) is 2.88. The second kappa shape index (κ2) is 7.78. The van der Waals surface area contributed by atoms with Crippen molar-refractivity contribution in [1.82, 2.24) is 4.90 Å². The molecule has 0 aromatic heterocycles. The van der Waals surface area contributed by atoms with Gasteiger partial charge in [-0.3, -0.25) is 4.90 Å². The van der Waals surface area contributed by atoms with Crippen LogP contribution in [-0.4, -0.2) is 43.9 Å². The summed E-state index contributed by atoms with van der Waals surface area (Å²) in [6, 6.07) is 8.64. The summed E-state index contributed by atoms with van der Waals surface area (Å²) in [5, 5.41) is 0. The first-order valence-corrected chi connectivity index (χ1v) is 7.92. The van der Waals surface area contributed by atoms with Crippen molar-refractivity contribution >= 4 is 0 Å². The molecule has 1 fully saturated rings. The van der Waals surface area contributed by atoms with Crippen LogP contribution in [-0.2, 0) is 4.74 Å².